The van der Waals surface area contributed by atoms with Crippen molar-refractivity contribution < 1.29 is 28.7 Å². The molecule has 2 N–H and O–H groups in total. The number of pyridine rings is 1. The lowest BCUT2D eigenvalue weighted by molar-refractivity contribution is -0.132. The van der Waals surface area contributed by atoms with Gasteiger partial charge in [-0.1, -0.05) is 11.2 Å². The second-order valence-corrected chi connectivity index (χ2v) is 9.00. The monoisotopic (exact) mass is 492 g/mol. The van der Waals surface area contributed by atoms with Gasteiger partial charge in [-0.15, -0.1) is 0 Å². The fourth-order valence-electron chi connectivity index (χ4n) is 4.42. The molecule has 2 aromatic rings. The molecule has 36 heavy (non-hydrogen) atoms. The van der Waals surface area contributed by atoms with Gasteiger partial charge in [0.15, 0.2) is 11.5 Å². The minimum Gasteiger partial charge on any atom is -0.498 e. The lowest BCUT2D eigenvalue weighted by Crippen LogP contribution is -2.35. The molecular formula is C26H28N4O6. The maximum Gasteiger partial charge on any atom is 0.335 e. The highest BCUT2D eigenvalue weighted by atomic mass is 16.5. The van der Waals surface area contributed by atoms with Crippen LogP contribution in [0.1, 0.15) is 48.4 Å². The van der Waals surface area contributed by atoms with Crippen LogP contribution in [0.3, 0.4) is 0 Å². The Kier molecular flexibility index (Phi) is 7.01. The second-order valence-electron chi connectivity index (χ2n) is 9.00. The van der Waals surface area contributed by atoms with Gasteiger partial charge in [0.2, 0.25) is 5.76 Å². The summed E-state index contributed by atoms with van der Waals surface area (Å²) < 4.78 is 16.6. The molecule has 0 bridgehead atoms. The molecule has 1 aliphatic carbocycles. The minimum absolute atomic E-state index is 0.175. The summed E-state index contributed by atoms with van der Waals surface area (Å²) in [5, 5.41) is 15.8. The van der Waals surface area contributed by atoms with Gasteiger partial charge in [-0.2, -0.15) is 0 Å². The van der Waals surface area contributed by atoms with Crippen molar-refractivity contribution in [2.24, 2.45) is 5.92 Å². The number of carboxylic acid groups (broad SMARTS) is 1. The standard InChI is InChI=1S/C26H28N4O6/c31-25(21-14-23(36-29-21)22-5-2-12-34-22)28-19-6-7-24(27-15-19)30-10-8-17(9-11-30)16-35-20-4-1-3-18(13-20)26(32)33/h3,5-7,13-15,17H,1-2,4,8-12,16H2,(H,28,31)(H,32,33). The lowest BCUT2D eigenvalue weighted by atomic mass is 9.97. The zero-order chi connectivity index (χ0) is 24.9. The summed E-state index contributed by atoms with van der Waals surface area (Å²) in [7, 11) is 0. The Balaban J connectivity index is 1.09. The van der Waals surface area contributed by atoms with E-state index in [0.29, 0.717) is 48.3 Å². The molecule has 1 amide bonds. The quantitative estimate of drug-likeness (QED) is 0.562. The van der Waals surface area contributed by atoms with Crippen LogP contribution in [0, 0.1) is 5.92 Å². The molecule has 5 rings (SSSR count). The predicted molar refractivity (Wildman–Crippen MR) is 131 cm³/mol. The van der Waals surface area contributed by atoms with Gasteiger partial charge in [0.1, 0.15) is 5.82 Å². The number of amides is 1. The van der Waals surface area contributed by atoms with Crippen molar-refractivity contribution in [3.63, 3.8) is 0 Å². The van der Waals surface area contributed by atoms with E-state index in [1.54, 1.807) is 24.4 Å². The van der Waals surface area contributed by atoms with Crippen LogP contribution in [-0.2, 0) is 14.3 Å². The molecule has 1 fully saturated rings. The normalized spacial score (nSPS) is 18.1. The molecule has 0 spiro atoms. The Bertz CT molecular complexity index is 1210. The van der Waals surface area contributed by atoms with Gasteiger partial charge in [-0.25, -0.2) is 9.78 Å². The van der Waals surface area contributed by atoms with E-state index in [4.69, 9.17) is 19.1 Å². The topological polar surface area (TPSA) is 127 Å². The van der Waals surface area contributed by atoms with Crippen LogP contribution in [0.25, 0.3) is 5.76 Å². The molecule has 0 unspecified atom stereocenters. The van der Waals surface area contributed by atoms with Crippen molar-refractivity contribution in [2.45, 2.75) is 32.1 Å². The summed E-state index contributed by atoms with van der Waals surface area (Å²) in [5.74, 6) is 1.78. The van der Waals surface area contributed by atoms with Crippen molar-refractivity contribution >= 4 is 29.1 Å². The van der Waals surface area contributed by atoms with Crippen LogP contribution in [0.4, 0.5) is 11.5 Å². The molecule has 188 valence electrons. The number of ether oxygens (including phenoxy) is 2. The van der Waals surface area contributed by atoms with E-state index in [-0.39, 0.29) is 11.6 Å². The SMILES string of the molecule is O=C(O)C1=CCCC(OCC2CCN(c3ccc(NC(=O)c4cc(C5=CCCO5)on4)cn3)CC2)=C1. The van der Waals surface area contributed by atoms with E-state index in [9.17, 15) is 9.59 Å². The predicted octanol–water partition coefficient (Wildman–Crippen LogP) is 4.00. The van der Waals surface area contributed by atoms with Crippen LogP contribution >= 0.6 is 0 Å². The molecular weight excluding hydrogens is 464 g/mol. The van der Waals surface area contributed by atoms with Gasteiger partial charge in [0.25, 0.3) is 5.91 Å². The number of carbonyl (C=O) groups is 2. The van der Waals surface area contributed by atoms with Gasteiger partial charge < -0.3 is 29.3 Å². The molecule has 2 aromatic heterocycles. The first-order valence-electron chi connectivity index (χ1n) is 12.1. The third-order valence-electron chi connectivity index (χ3n) is 6.46. The van der Waals surface area contributed by atoms with Crippen molar-refractivity contribution in [3.05, 3.63) is 65.4 Å². The van der Waals surface area contributed by atoms with Gasteiger partial charge >= 0.3 is 5.97 Å². The summed E-state index contributed by atoms with van der Waals surface area (Å²) in [4.78, 5) is 30.4. The van der Waals surface area contributed by atoms with E-state index in [1.807, 2.05) is 18.2 Å². The highest BCUT2D eigenvalue weighted by Gasteiger charge is 2.22. The minimum atomic E-state index is -0.915. The van der Waals surface area contributed by atoms with E-state index in [0.717, 1.165) is 50.3 Å². The Morgan fingerprint density at radius 3 is 2.78 bits per heavy atom. The molecule has 10 heteroatoms. The van der Waals surface area contributed by atoms with Gasteiger partial charge in [0.05, 0.1) is 36.4 Å². The van der Waals surface area contributed by atoms with E-state index in [2.05, 4.69) is 20.4 Å². The number of piperidine rings is 1. The average Bonchev–Trinajstić information content (AvgIpc) is 3.61. The molecule has 4 heterocycles. The number of anilines is 2. The van der Waals surface area contributed by atoms with Crippen molar-refractivity contribution in [1.29, 1.82) is 0 Å². The Morgan fingerprint density at radius 2 is 2.06 bits per heavy atom. The third kappa shape index (κ3) is 5.59. The maximum atomic E-state index is 12.5. The number of aliphatic carboxylic acids is 1. The van der Waals surface area contributed by atoms with Crippen molar-refractivity contribution in [1.82, 2.24) is 10.1 Å². The number of carbonyl (C=O) groups excluding carboxylic acids is 1. The molecule has 3 aliphatic rings. The summed E-state index contributed by atoms with van der Waals surface area (Å²) in [6.07, 6.45) is 11.1. The van der Waals surface area contributed by atoms with Crippen LogP contribution < -0.4 is 10.2 Å². The van der Waals surface area contributed by atoms with Crippen LogP contribution in [0.5, 0.6) is 0 Å². The largest absolute Gasteiger partial charge is 0.498 e. The van der Waals surface area contributed by atoms with Crippen LogP contribution in [-0.4, -0.2) is 53.4 Å². The molecule has 0 atom stereocenters. The van der Waals surface area contributed by atoms with Crippen LogP contribution in [0.15, 0.2) is 58.5 Å². The molecule has 0 aromatic carbocycles. The summed E-state index contributed by atoms with van der Waals surface area (Å²) in [6.45, 7) is 2.90. The average molecular weight is 493 g/mol. The summed E-state index contributed by atoms with van der Waals surface area (Å²) >= 11 is 0. The van der Waals surface area contributed by atoms with E-state index < -0.39 is 5.97 Å². The van der Waals surface area contributed by atoms with Crippen molar-refractivity contribution in [2.75, 3.05) is 36.5 Å². The zero-order valence-electron chi connectivity index (χ0n) is 19.8. The smallest absolute Gasteiger partial charge is 0.335 e. The third-order valence-corrected chi connectivity index (χ3v) is 6.46. The summed E-state index contributed by atoms with van der Waals surface area (Å²) in [5.41, 5.74) is 1.05. The maximum absolute atomic E-state index is 12.5. The first-order valence-corrected chi connectivity index (χ1v) is 12.1. The van der Waals surface area contributed by atoms with Gasteiger partial charge in [0, 0.05) is 32.0 Å². The fourth-order valence-corrected chi connectivity index (χ4v) is 4.42. The number of carboxylic acids is 1. The first-order chi connectivity index (χ1) is 17.5. The Morgan fingerprint density at radius 1 is 1.19 bits per heavy atom. The molecule has 0 radical (unpaired) electrons. The second kappa shape index (κ2) is 10.7. The Labute approximate surface area is 208 Å². The number of aromatic nitrogens is 2. The molecule has 0 saturated carbocycles. The molecule has 2 aliphatic heterocycles. The molecule has 1 saturated heterocycles. The number of allylic oxidation sites excluding steroid dienone is 2. The van der Waals surface area contributed by atoms with Crippen LogP contribution in [0.2, 0.25) is 0 Å². The first kappa shape index (κ1) is 23.7. The van der Waals surface area contributed by atoms with Gasteiger partial charge in [-0.05, 0) is 49.5 Å². The highest BCUT2D eigenvalue weighted by molar-refractivity contribution is 6.03. The highest BCUT2D eigenvalue weighted by Crippen LogP contribution is 2.26. The number of hydrogen-bond acceptors (Lipinski definition) is 8. The van der Waals surface area contributed by atoms with Crippen molar-refractivity contribution in [3.8, 4) is 0 Å². The lowest BCUT2D eigenvalue weighted by Gasteiger charge is -2.33. The molecule has 10 nitrogen and oxygen atoms in total. The Hall–Kier alpha value is -4.08. The fraction of sp³-hybridized carbons (Fsp3) is 0.385. The summed E-state index contributed by atoms with van der Waals surface area (Å²) in [6, 6.07) is 5.28. The van der Waals surface area contributed by atoms with E-state index in [1.165, 1.54) is 0 Å². The number of hydrogen-bond donors (Lipinski definition) is 2. The van der Waals surface area contributed by atoms with Gasteiger partial charge in [-0.3, -0.25) is 4.79 Å². The number of rotatable bonds is 8. The number of nitrogens with zero attached hydrogens (tertiary/aromatic N) is 3. The van der Waals surface area contributed by atoms with E-state index >= 15 is 0 Å². The number of nitrogens with one attached hydrogen (secondary N) is 1. The zero-order valence-corrected chi connectivity index (χ0v) is 19.8.